The van der Waals surface area contributed by atoms with E-state index in [1.807, 2.05) is 0 Å². The molecule has 0 bridgehead atoms. The monoisotopic (exact) mass is 356 g/mol. The second-order valence-electron chi connectivity index (χ2n) is 5.68. The van der Waals surface area contributed by atoms with Crippen molar-refractivity contribution in [2.45, 2.75) is 19.4 Å². The Morgan fingerprint density at radius 1 is 0.923 bits per heavy atom. The van der Waals surface area contributed by atoms with Crippen molar-refractivity contribution in [3.8, 4) is 5.75 Å². The summed E-state index contributed by atoms with van der Waals surface area (Å²) in [4.78, 5) is 34.5. The van der Waals surface area contributed by atoms with Crippen LogP contribution in [0.2, 0.25) is 0 Å². The van der Waals surface area contributed by atoms with Gasteiger partial charge in [-0.05, 0) is 35.7 Å². The number of nitrogens with one attached hydrogen (secondary N) is 2. The first kappa shape index (κ1) is 19.0. The molecule has 2 aromatic rings. The molecule has 2 rings (SSSR count). The molecule has 0 aliphatic rings. The van der Waals surface area contributed by atoms with E-state index in [4.69, 9.17) is 5.11 Å². The van der Waals surface area contributed by atoms with Crippen LogP contribution >= 0.6 is 0 Å². The summed E-state index contributed by atoms with van der Waals surface area (Å²) in [6.45, 7) is -0.111. The van der Waals surface area contributed by atoms with E-state index in [9.17, 15) is 19.5 Å². The van der Waals surface area contributed by atoms with Gasteiger partial charge in [-0.15, -0.1) is 0 Å². The number of aryl methyl sites for hydroxylation is 1. The number of carboxylic acid groups (broad SMARTS) is 1. The third-order valence-electron chi connectivity index (χ3n) is 3.71. The molecule has 0 saturated heterocycles. The van der Waals surface area contributed by atoms with Crippen molar-refractivity contribution in [2.75, 3.05) is 6.54 Å². The van der Waals surface area contributed by atoms with Crippen LogP contribution in [0.4, 0.5) is 0 Å². The van der Waals surface area contributed by atoms with Crippen LogP contribution in [0.25, 0.3) is 0 Å². The number of aromatic hydroxyl groups is 1. The molecule has 2 aromatic carbocycles. The van der Waals surface area contributed by atoms with Crippen molar-refractivity contribution in [3.05, 3.63) is 65.2 Å². The summed E-state index contributed by atoms with van der Waals surface area (Å²) in [5, 5.41) is 22.9. The van der Waals surface area contributed by atoms with E-state index in [1.54, 1.807) is 48.5 Å². The number of phenolic OH excluding ortho intramolecular Hbond substituents is 1. The van der Waals surface area contributed by atoms with Crippen molar-refractivity contribution in [2.24, 2.45) is 0 Å². The van der Waals surface area contributed by atoms with Crippen LogP contribution in [0.5, 0.6) is 5.75 Å². The maximum Gasteiger partial charge on any atom is 0.322 e. The van der Waals surface area contributed by atoms with Gasteiger partial charge < -0.3 is 20.8 Å². The molecule has 0 radical (unpaired) electrons. The number of carboxylic acids is 1. The smallest absolute Gasteiger partial charge is 0.322 e. The number of hydrogen-bond donors (Lipinski definition) is 4. The molecule has 0 atom stereocenters. The van der Waals surface area contributed by atoms with Gasteiger partial charge in [0.1, 0.15) is 12.3 Å². The lowest BCUT2D eigenvalue weighted by Gasteiger charge is -2.10. The molecule has 0 fully saturated rings. The average Bonchev–Trinajstić information content (AvgIpc) is 2.64. The molecule has 0 aliphatic heterocycles. The molecule has 0 unspecified atom stereocenters. The Morgan fingerprint density at radius 3 is 2.31 bits per heavy atom. The van der Waals surface area contributed by atoms with E-state index >= 15 is 0 Å². The van der Waals surface area contributed by atoms with E-state index < -0.39 is 12.5 Å². The van der Waals surface area contributed by atoms with Gasteiger partial charge in [-0.1, -0.05) is 30.3 Å². The molecule has 136 valence electrons. The van der Waals surface area contributed by atoms with Gasteiger partial charge in [0.15, 0.2) is 0 Å². The molecule has 0 aliphatic carbocycles. The first-order valence-electron chi connectivity index (χ1n) is 8.08. The fourth-order valence-electron chi connectivity index (χ4n) is 2.36. The maximum atomic E-state index is 12.4. The Morgan fingerprint density at radius 2 is 1.62 bits per heavy atom. The van der Waals surface area contributed by atoms with Crippen LogP contribution < -0.4 is 10.6 Å². The predicted octanol–water partition coefficient (Wildman–Crippen LogP) is 1.46. The molecule has 7 nitrogen and oxygen atoms in total. The summed E-state index contributed by atoms with van der Waals surface area (Å²) >= 11 is 0. The summed E-state index contributed by atoms with van der Waals surface area (Å²) < 4.78 is 0. The van der Waals surface area contributed by atoms with Crippen molar-refractivity contribution in [1.82, 2.24) is 10.6 Å². The summed E-state index contributed by atoms with van der Waals surface area (Å²) in [7, 11) is 0. The lowest BCUT2D eigenvalue weighted by Crippen LogP contribution is -2.29. The number of amides is 2. The van der Waals surface area contributed by atoms with Gasteiger partial charge in [0.2, 0.25) is 5.91 Å². The van der Waals surface area contributed by atoms with E-state index in [0.717, 1.165) is 5.56 Å². The Bertz CT molecular complexity index is 787. The molecular formula is C19H20N2O5. The van der Waals surface area contributed by atoms with Crippen LogP contribution in [-0.2, 0) is 22.6 Å². The zero-order chi connectivity index (χ0) is 18.9. The summed E-state index contributed by atoms with van der Waals surface area (Å²) in [5.74, 6) is -1.59. The molecule has 0 spiro atoms. The molecule has 7 heteroatoms. The van der Waals surface area contributed by atoms with E-state index in [2.05, 4.69) is 10.6 Å². The van der Waals surface area contributed by atoms with Crippen molar-refractivity contribution >= 4 is 17.8 Å². The van der Waals surface area contributed by atoms with Crippen molar-refractivity contribution in [3.63, 3.8) is 0 Å². The number of carbonyl (C=O) groups is 3. The average molecular weight is 356 g/mol. The van der Waals surface area contributed by atoms with E-state index in [0.29, 0.717) is 24.1 Å². The van der Waals surface area contributed by atoms with Crippen LogP contribution in [0, 0.1) is 0 Å². The van der Waals surface area contributed by atoms with Gasteiger partial charge in [0.25, 0.3) is 5.91 Å². The highest BCUT2D eigenvalue weighted by atomic mass is 16.4. The second-order valence-corrected chi connectivity index (χ2v) is 5.68. The topological polar surface area (TPSA) is 116 Å². The Labute approximate surface area is 150 Å². The summed E-state index contributed by atoms with van der Waals surface area (Å²) in [5.41, 5.74) is 2.03. The van der Waals surface area contributed by atoms with Gasteiger partial charge >= 0.3 is 5.97 Å². The van der Waals surface area contributed by atoms with E-state index in [-0.39, 0.29) is 24.0 Å². The minimum absolute atomic E-state index is 0.0928. The number of aliphatic carboxylic acids is 1. The highest BCUT2D eigenvalue weighted by molar-refractivity contribution is 5.95. The zero-order valence-corrected chi connectivity index (χ0v) is 14.1. The quantitative estimate of drug-likeness (QED) is 0.571. The van der Waals surface area contributed by atoms with Gasteiger partial charge in [-0.2, -0.15) is 0 Å². The number of hydrogen-bond acceptors (Lipinski definition) is 4. The molecule has 0 aromatic heterocycles. The molecule has 0 heterocycles. The highest BCUT2D eigenvalue weighted by Crippen LogP contribution is 2.13. The van der Waals surface area contributed by atoms with Gasteiger partial charge in [0.05, 0.1) is 0 Å². The maximum absolute atomic E-state index is 12.4. The minimum Gasteiger partial charge on any atom is -0.508 e. The van der Waals surface area contributed by atoms with Gasteiger partial charge in [-0.25, -0.2) is 0 Å². The van der Waals surface area contributed by atoms with Crippen molar-refractivity contribution < 1.29 is 24.6 Å². The van der Waals surface area contributed by atoms with Gasteiger partial charge in [-0.3, -0.25) is 14.4 Å². The number of benzene rings is 2. The standard InChI is InChI=1S/C19H20N2O5/c22-15-8-5-13(6-9-15)11-21-19(26)16-4-2-1-3-14(16)7-10-17(23)20-12-18(24)25/h1-6,8-9,22H,7,10-12H2,(H,20,23)(H,21,26)(H,24,25). The lowest BCUT2D eigenvalue weighted by atomic mass is 10.0. The third-order valence-corrected chi connectivity index (χ3v) is 3.71. The normalized spacial score (nSPS) is 10.2. The molecule has 0 saturated carbocycles. The Balaban J connectivity index is 1.94. The fourth-order valence-corrected chi connectivity index (χ4v) is 2.36. The Kier molecular flexibility index (Phi) is 6.73. The highest BCUT2D eigenvalue weighted by Gasteiger charge is 2.12. The molecule has 26 heavy (non-hydrogen) atoms. The third kappa shape index (κ3) is 5.94. The van der Waals surface area contributed by atoms with Gasteiger partial charge in [0, 0.05) is 18.5 Å². The van der Waals surface area contributed by atoms with Crippen LogP contribution in [-0.4, -0.2) is 34.5 Å². The Hall–Kier alpha value is -3.35. The lowest BCUT2D eigenvalue weighted by molar-refractivity contribution is -0.137. The molecule has 2 amide bonds. The first-order valence-corrected chi connectivity index (χ1v) is 8.08. The first-order chi connectivity index (χ1) is 12.5. The van der Waals surface area contributed by atoms with Crippen LogP contribution in [0.3, 0.4) is 0 Å². The SMILES string of the molecule is O=C(O)CNC(=O)CCc1ccccc1C(=O)NCc1ccc(O)cc1. The van der Waals surface area contributed by atoms with E-state index in [1.165, 1.54) is 0 Å². The summed E-state index contributed by atoms with van der Waals surface area (Å²) in [6.07, 6.45) is 0.420. The predicted molar refractivity (Wildman–Crippen MR) is 94.7 cm³/mol. The molecular weight excluding hydrogens is 336 g/mol. The second kappa shape index (κ2) is 9.22. The van der Waals surface area contributed by atoms with Crippen LogP contribution in [0.15, 0.2) is 48.5 Å². The fraction of sp³-hybridized carbons (Fsp3) is 0.211. The largest absolute Gasteiger partial charge is 0.508 e. The number of carbonyl (C=O) groups excluding carboxylic acids is 2. The zero-order valence-electron chi connectivity index (χ0n) is 14.1. The van der Waals surface area contributed by atoms with Crippen molar-refractivity contribution in [1.29, 1.82) is 0 Å². The summed E-state index contributed by atoms with van der Waals surface area (Å²) in [6, 6.07) is 13.5. The number of rotatable bonds is 8. The minimum atomic E-state index is -1.10. The van der Waals surface area contributed by atoms with Crippen LogP contribution in [0.1, 0.15) is 27.9 Å². The number of phenols is 1. The molecule has 4 N–H and O–H groups in total.